The van der Waals surface area contributed by atoms with Crippen LogP contribution < -0.4 is 0 Å². The first-order valence-corrected chi connectivity index (χ1v) is 12.9. The molecule has 1 unspecified atom stereocenters. The van der Waals surface area contributed by atoms with Crippen LogP contribution in [0.1, 0.15) is 55.0 Å². The highest BCUT2D eigenvalue weighted by atomic mass is 32.2. The van der Waals surface area contributed by atoms with E-state index < -0.39 is 15.3 Å². The van der Waals surface area contributed by atoms with Gasteiger partial charge in [-0.3, -0.25) is 9.59 Å². The molecule has 0 fully saturated rings. The molecule has 6 heteroatoms. The number of benzene rings is 2. The van der Waals surface area contributed by atoms with Gasteiger partial charge in [0.25, 0.3) is 0 Å². The summed E-state index contributed by atoms with van der Waals surface area (Å²) in [5.74, 6) is -0.378. The SMILES string of the molecule is Cc1cc(C)c(C2=C(OC(=O)C(C)(C)C)CC(Cc3ccc(S(C)(=O)=O)cc3)C2=O)c(C)c1. The molecule has 0 aromatic heterocycles. The summed E-state index contributed by atoms with van der Waals surface area (Å²) in [6.45, 7) is 11.3. The highest BCUT2D eigenvalue weighted by Crippen LogP contribution is 2.40. The van der Waals surface area contributed by atoms with Crippen LogP contribution in [0.15, 0.2) is 47.1 Å². The monoisotopic (exact) mass is 468 g/mol. The van der Waals surface area contributed by atoms with E-state index in [9.17, 15) is 18.0 Å². The van der Waals surface area contributed by atoms with E-state index in [-0.39, 0.29) is 22.6 Å². The first-order valence-electron chi connectivity index (χ1n) is 11.1. The first-order chi connectivity index (χ1) is 15.2. The summed E-state index contributed by atoms with van der Waals surface area (Å²) < 4.78 is 29.3. The molecule has 2 aromatic rings. The standard InChI is InChI=1S/C27H32O5S/c1-16-12-17(2)23(18(3)13-16)24-22(32-26(29)27(4,5)6)15-20(25(24)28)14-19-8-10-21(11-9-19)33(7,30)31/h8-13,20H,14-15H2,1-7H3. The van der Waals surface area contributed by atoms with Crippen LogP contribution in [0.5, 0.6) is 0 Å². The molecule has 0 N–H and O–H groups in total. The van der Waals surface area contributed by atoms with Gasteiger partial charge in [0.15, 0.2) is 15.6 Å². The minimum Gasteiger partial charge on any atom is -0.430 e. The summed E-state index contributed by atoms with van der Waals surface area (Å²) in [6.07, 6.45) is 1.93. The number of carbonyl (C=O) groups excluding carboxylic acids is 2. The van der Waals surface area contributed by atoms with Crippen LogP contribution in [0.25, 0.3) is 5.57 Å². The quantitative estimate of drug-likeness (QED) is 0.567. The second-order valence-electron chi connectivity index (χ2n) is 10.1. The highest BCUT2D eigenvalue weighted by Gasteiger charge is 2.38. The zero-order valence-electron chi connectivity index (χ0n) is 20.4. The van der Waals surface area contributed by atoms with E-state index in [4.69, 9.17) is 4.74 Å². The van der Waals surface area contributed by atoms with Crippen molar-refractivity contribution < 1.29 is 22.7 Å². The average Bonchev–Trinajstić information content (AvgIpc) is 2.95. The van der Waals surface area contributed by atoms with Crippen molar-refractivity contribution in [1.29, 1.82) is 0 Å². The van der Waals surface area contributed by atoms with Crippen LogP contribution in [0.3, 0.4) is 0 Å². The Hall–Kier alpha value is -2.73. The maximum Gasteiger partial charge on any atom is 0.316 e. The van der Waals surface area contributed by atoms with Gasteiger partial charge in [-0.1, -0.05) is 29.8 Å². The Morgan fingerprint density at radius 1 is 1.03 bits per heavy atom. The lowest BCUT2D eigenvalue weighted by Crippen LogP contribution is -2.22. The van der Waals surface area contributed by atoms with Gasteiger partial charge in [0.1, 0.15) is 5.76 Å². The van der Waals surface area contributed by atoms with Crippen LogP contribution in [0.4, 0.5) is 0 Å². The molecule has 0 heterocycles. The summed E-state index contributed by atoms with van der Waals surface area (Å²) in [5, 5.41) is 0. The largest absolute Gasteiger partial charge is 0.430 e. The molecule has 3 rings (SSSR count). The van der Waals surface area contributed by atoms with Crippen LogP contribution in [0, 0.1) is 32.1 Å². The summed E-state index contributed by atoms with van der Waals surface area (Å²) in [5.41, 5.74) is 4.53. The van der Waals surface area contributed by atoms with E-state index in [0.717, 1.165) is 27.8 Å². The lowest BCUT2D eigenvalue weighted by atomic mass is 9.89. The van der Waals surface area contributed by atoms with Crippen molar-refractivity contribution in [3.05, 3.63) is 70.0 Å². The van der Waals surface area contributed by atoms with Gasteiger partial charge >= 0.3 is 5.97 Å². The average molecular weight is 469 g/mol. The number of sulfone groups is 1. The minimum atomic E-state index is -3.28. The molecule has 0 bridgehead atoms. The fourth-order valence-corrected chi connectivity index (χ4v) is 4.91. The Morgan fingerprint density at radius 2 is 1.58 bits per heavy atom. The second kappa shape index (κ2) is 8.90. The number of ether oxygens (including phenoxy) is 1. The lowest BCUT2D eigenvalue weighted by molar-refractivity contribution is -0.148. The van der Waals surface area contributed by atoms with Crippen molar-refractivity contribution in [1.82, 2.24) is 0 Å². The normalized spacial score (nSPS) is 16.9. The summed E-state index contributed by atoms with van der Waals surface area (Å²) in [4.78, 5) is 26.6. The smallest absolute Gasteiger partial charge is 0.316 e. The molecule has 1 aliphatic rings. The van der Waals surface area contributed by atoms with Crippen LogP contribution >= 0.6 is 0 Å². The van der Waals surface area contributed by atoms with Gasteiger partial charge in [0, 0.05) is 18.6 Å². The summed E-state index contributed by atoms with van der Waals surface area (Å²) in [6, 6.07) is 10.7. The van der Waals surface area contributed by atoms with Crippen LogP contribution in [-0.2, 0) is 30.6 Å². The fraction of sp³-hybridized carbons (Fsp3) is 0.407. The number of ketones is 1. The predicted molar refractivity (Wildman–Crippen MR) is 129 cm³/mol. The van der Waals surface area contributed by atoms with E-state index in [1.165, 1.54) is 6.26 Å². The maximum absolute atomic E-state index is 13.6. The molecule has 0 amide bonds. The molecule has 0 radical (unpaired) electrons. The van der Waals surface area contributed by atoms with E-state index in [1.807, 2.05) is 32.9 Å². The number of esters is 1. The van der Waals surface area contributed by atoms with E-state index in [0.29, 0.717) is 24.2 Å². The Labute approximate surface area is 196 Å². The van der Waals surface area contributed by atoms with E-state index in [1.54, 1.807) is 45.0 Å². The highest BCUT2D eigenvalue weighted by molar-refractivity contribution is 7.90. The fourth-order valence-electron chi connectivity index (χ4n) is 4.28. The van der Waals surface area contributed by atoms with Gasteiger partial charge in [0.05, 0.1) is 15.9 Å². The van der Waals surface area contributed by atoms with Gasteiger partial charge in [-0.2, -0.15) is 0 Å². The third-order valence-electron chi connectivity index (χ3n) is 5.92. The zero-order chi connectivity index (χ0) is 24.7. The summed E-state index contributed by atoms with van der Waals surface area (Å²) >= 11 is 0. The second-order valence-corrected chi connectivity index (χ2v) is 12.1. The lowest BCUT2D eigenvalue weighted by Gasteiger charge is -2.18. The van der Waals surface area contributed by atoms with Crippen molar-refractivity contribution in [2.75, 3.05) is 6.26 Å². The third-order valence-corrected chi connectivity index (χ3v) is 7.05. The van der Waals surface area contributed by atoms with E-state index in [2.05, 4.69) is 0 Å². The number of carbonyl (C=O) groups is 2. The van der Waals surface area contributed by atoms with Crippen molar-refractivity contribution in [3.8, 4) is 0 Å². The van der Waals surface area contributed by atoms with Gasteiger partial charge in [-0.15, -0.1) is 0 Å². The molecule has 2 aromatic carbocycles. The molecule has 1 atom stereocenters. The van der Waals surface area contributed by atoms with Crippen LogP contribution in [0.2, 0.25) is 0 Å². The first kappa shape index (κ1) is 24.9. The van der Waals surface area contributed by atoms with Gasteiger partial charge in [-0.25, -0.2) is 8.42 Å². The number of hydrogen-bond donors (Lipinski definition) is 0. The maximum atomic E-state index is 13.6. The number of aryl methyl sites for hydroxylation is 3. The molecule has 1 aliphatic carbocycles. The Kier molecular flexibility index (Phi) is 6.72. The topological polar surface area (TPSA) is 77.5 Å². The predicted octanol–water partition coefficient (Wildman–Crippen LogP) is 5.15. The Morgan fingerprint density at radius 3 is 2.06 bits per heavy atom. The molecule has 0 saturated heterocycles. The van der Waals surface area contributed by atoms with Crippen molar-refractivity contribution in [2.45, 2.75) is 59.3 Å². The molecule has 5 nitrogen and oxygen atoms in total. The molecular weight excluding hydrogens is 436 g/mol. The zero-order valence-corrected chi connectivity index (χ0v) is 21.2. The third kappa shape index (κ3) is 5.44. The number of Topliss-reactive ketones (excluding diaryl/α,β-unsaturated/α-hetero) is 1. The van der Waals surface area contributed by atoms with Gasteiger partial charge < -0.3 is 4.74 Å². The molecule has 176 valence electrons. The molecule has 33 heavy (non-hydrogen) atoms. The van der Waals surface area contributed by atoms with Crippen molar-refractivity contribution >= 4 is 27.2 Å². The number of allylic oxidation sites excluding steroid dienone is 2. The molecule has 0 spiro atoms. The summed E-state index contributed by atoms with van der Waals surface area (Å²) in [7, 11) is -3.28. The minimum absolute atomic E-state index is 0.0473. The van der Waals surface area contributed by atoms with Crippen molar-refractivity contribution in [2.24, 2.45) is 11.3 Å². The molecule has 0 saturated carbocycles. The van der Waals surface area contributed by atoms with Crippen molar-refractivity contribution in [3.63, 3.8) is 0 Å². The van der Waals surface area contributed by atoms with Gasteiger partial charge in [-0.05, 0) is 82.3 Å². The van der Waals surface area contributed by atoms with Gasteiger partial charge in [0.2, 0.25) is 0 Å². The number of hydrogen-bond acceptors (Lipinski definition) is 5. The Bertz CT molecular complexity index is 1220. The Balaban J connectivity index is 1.99. The molecule has 0 aliphatic heterocycles. The number of rotatable bonds is 5. The van der Waals surface area contributed by atoms with Crippen LogP contribution in [-0.4, -0.2) is 26.4 Å². The molecular formula is C27H32O5S. The van der Waals surface area contributed by atoms with E-state index >= 15 is 0 Å².